The molecular weight excluding hydrogens is 348 g/mol. The number of carbonyl (C=O) groups excluding carboxylic acids is 1. The van der Waals surface area contributed by atoms with E-state index >= 15 is 0 Å². The second kappa shape index (κ2) is 7.41. The fraction of sp³-hybridized carbons (Fsp3) is 0.0500. The van der Waals surface area contributed by atoms with Gasteiger partial charge in [0.2, 0.25) is 10.0 Å². The zero-order chi connectivity index (χ0) is 18.6. The minimum atomic E-state index is -3.45. The van der Waals surface area contributed by atoms with E-state index in [0.717, 1.165) is 17.4 Å². The summed E-state index contributed by atoms with van der Waals surface area (Å²) in [6, 6.07) is 23.6. The van der Waals surface area contributed by atoms with Crippen LogP contribution in [-0.4, -0.2) is 20.6 Å². The maximum Gasteiger partial charge on any atom is 0.256 e. The topological polar surface area (TPSA) is 75.3 Å². The molecular formula is C20H18N2O3S. The normalized spacial score (nSPS) is 11.0. The van der Waals surface area contributed by atoms with Crippen molar-refractivity contribution in [3.05, 3.63) is 84.4 Å². The number of hydrogen-bond acceptors (Lipinski definition) is 3. The molecule has 0 fully saturated rings. The van der Waals surface area contributed by atoms with E-state index in [1.165, 1.54) is 0 Å². The Labute approximate surface area is 152 Å². The molecule has 0 aromatic heterocycles. The van der Waals surface area contributed by atoms with E-state index in [-0.39, 0.29) is 5.91 Å². The number of rotatable bonds is 5. The zero-order valence-corrected chi connectivity index (χ0v) is 15.0. The molecule has 3 aromatic rings. The highest BCUT2D eigenvalue weighted by molar-refractivity contribution is 7.92. The highest BCUT2D eigenvalue weighted by atomic mass is 32.2. The largest absolute Gasteiger partial charge is 0.320 e. The van der Waals surface area contributed by atoms with Gasteiger partial charge in [0.05, 0.1) is 17.6 Å². The van der Waals surface area contributed by atoms with Crippen molar-refractivity contribution in [2.75, 3.05) is 16.3 Å². The first kappa shape index (κ1) is 17.7. The van der Waals surface area contributed by atoms with Crippen molar-refractivity contribution < 1.29 is 13.2 Å². The number of nitrogens with one attached hydrogen (secondary N) is 2. The highest BCUT2D eigenvalue weighted by Gasteiger charge is 2.15. The summed E-state index contributed by atoms with van der Waals surface area (Å²) in [7, 11) is -3.45. The summed E-state index contributed by atoms with van der Waals surface area (Å²) in [5.41, 5.74) is 2.96. The fourth-order valence-corrected chi connectivity index (χ4v) is 3.20. The van der Waals surface area contributed by atoms with Gasteiger partial charge in [0.25, 0.3) is 5.91 Å². The molecule has 0 bridgehead atoms. The molecule has 0 saturated heterocycles. The molecule has 6 heteroatoms. The Morgan fingerprint density at radius 2 is 1.35 bits per heavy atom. The number of hydrogen-bond donors (Lipinski definition) is 2. The molecule has 0 spiro atoms. The lowest BCUT2D eigenvalue weighted by atomic mass is 9.99. The Bertz CT molecular complexity index is 1030. The SMILES string of the molecule is CS(=O)(=O)Nc1ccccc1NC(=O)c1ccccc1-c1ccccc1. The molecule has 0 aliphatic heterocycles. The average molecular weight is 366 g/mol. The maximum absolute atomic E-state index is 12.8. The maximum atomic E-state index is 12.8. The third kappa shape index (κ3) is 4.29. The number of anilines is 2. The van der Waals surface area contributed by atoms with Crippen molar-refractivity contribution in [3.8, 4) is 11.1 Å². The summed E-state index contributed by atoms with van der Waals surface area (Å²) in [6.07, 6.45) is 1.07. The Balaban J connectivity index is 1.94. The summed E-state index contributed by atoms with van der Waals surface area (Å²) in [4.78, 5) is 12.8. The number of benzene rings is 3. The average Bonchev–Trinajstić information content (AvgIpc) is 2.63. The third-order valence-corrected chi connectivity index (χ3v) is 4.32. The van der Waals surface area contributed by atoms with Crippen LogP contribution in [0.25, 0.3) is 11.1 Å². The van der Waals surface area contributed by atoms with Crippen LogP contribution in [0.4, 0.5) is 11.4 Å². The summed E-state index contributed by atoms with van der Waals surface area (Å²) >= 11 is 0. The van der Waals surface area contributed by atoms with Gasteiger partial charge in [-0.1, -0.05) is 60.7 Å². The van der Waals surface area contributed by atoms with Crippen LogP contribution < -0.4 is 10.0 Å². The molecule has 0 saturated carbocycles. The van der Waals surface area contributed by atoms with Gasteiger partial charge in [0.15, 0.2) is 0 Å². The van der Waals surface area contributed by atoms with Gasteiger partial charge in [-0.3, -0.25) is 9.52 Å². The van der Waals surface area contributed by atoms with E-state index in [2.05, 4.69) is 10.0 Å². The molecule has 5 nitrogen and oxygen atoms in total. The van der Waals surface area contributed by atoms with E-state index < -0.39 is 10.0 Å². The van der Waals surface area contributed by atoms with Gasteiger partial charge in [0.1, 0.15) is 0 Å². The van der Waals surface area contributed by atoms with Crippen molar-refractivity contribution >= 4 is 27.3 Å². The predicted molar refractivity (Wildman–Crippen MR) is 105 cm³/mol. The lowest BCUT2D eigenvalue weighted by Crippen LogP contribution is -2.16. The van der Waals surface area contributed by atoms with E-state index in [1.807, 2.05) is 42.5 Å². The minimum Gasteiger partial charge on any atom is -0.320 e. The van der Waals surface area contributed by atoms with Crippen LogP contribution in [0.3, 0.4) is 0 Å². The molecule has 26 heavy (non-hydrogen) atoms. The smallest absolute Gasteiger partial charge is 0.256 e. The summed E-state index contributed by atoms with van der Waals surface area (Å²) in [5, 5.41) is 2.79. The number of carbonyl (C=O) groups is 1. The van der Waals surface area contributed by atoms with Crippen LogP contribution in [-0.2, 0) is 10.0 Å². The molecule has 132 valence electrons. The predicted octanol–water partition coefficient (Wildman–Crippen LogP) is 3.98. The Hall–Kier alpha value is -3.12. The number of sulfonamides is 1. The first-order valence-corrected chi connectivity index (χ1v) is 9.86. The Morgan fingerprint density at radius 3 is 2.04 bits per heavy atom. The van der Waals surface area contributed by atoms with Crippen LogP contribution in [0.2, 0.25) is 0 Å². The summed E-state index contributed by atoms with van der Waals surface area (Å²) in [6.45, 7) is 0. The van der Waals surface area contributed by atoms with Crippen LogP contribution in [0.5, 0.6) is 0 Å². The van der Waals surface area contributed by atoms with Gasteiger partial charge in [-0.05, 0) is 29.3 Å². The Morgan fingerprint density at radius 1 is 0.769 bits per heavy atom. The molecule has 0 atom stereocenters. The van der Waals surface area contributed by atoms with Crippen molar-refractivity contribution in [1.82, 2.24) is 0 Å². The lowest BCUT2D eigenvalue weighted by molar-refractivity contribution is 0.102. The van der Waals surface area contributed by atoms with Crippen molar-refractivity contribution in [3.63, 3.8) is 0 Å². The van der Waals surface area contributed by atoms with Crippen molar-refractivity contribution in [2.24, 2.45) is 0 Å². The summed E-state index contributed by atoms with van der Waals surface area (Å²) < 4.78 is 25.5. The van der Waals surface area contributed by atoms with Crippen molar-refractivity contribution in [2.45, 2.75) is 0 Å². The lowest BCUT2D eigenvalue weighted by Gasteiger charge is -2.14. The molecule has 2 N–H and O–H groups in total. The molecule has 0 radical (unpaired) electrons. The molecule has 1 amide bonds. The van der Waals surface area contributed by atoms with Gasteiger partial charge in [-0.2, -0.15) is 0 Å². The number of amides is 1. The van der Waals surface area contributed by atoms with Crippen LogP contribution >= 0.6 is 0 Å². The van der Waals surface area contributed by atoms with Crippen LogP contribution in [0.1, 0.15) is 10.4 Å². The van der Waals surface area contributed by atoms with Gasteiger partial charge < -0.3 is 5.32 Å². The second-order valence-corrected chi connectivity index (χ2v) is 7.53. The van der Waals surface area contributed by atoms with Gasteiger partial charge in [0, 0.05) is 5.56 Å². The Kier molecular flexibility index (Phi) is 5.04. The first-order chi connectivity index (χ1) is 12.4. The van der Waals surface area contributed by atoms with E-state index in [1.54, 1.807) is 36.4 Å². The van der Waals surface area contributed by atoms with E-state index in [4.69, 9.17) is 0 Å². The van der Waals surface area contributed by atoms with Gasteiger partial charge >= 0.3 is 0 Å². The molecule has 3 rings (SSSR count). The first-order valence-electron chi connectivity index (χ1n) is 7.97. The molecule has 0 aliphatic carbocycles. The standard InChI is InChI=1S/C20H18N2O3S/c1-26(24,25)22-19-14-8-7-13-18(19)21-20(23)17-12-6-5-11-16(17)15-9-3-2-4-10-15/h2-14,22H,1H3,(H,21,23). The third-order valence-electron chi connectivity index (χ3n) is 3.73. The minimum absolute atomic E-state index is 0.313. The second-order valence-electron chi connectivity index (χ2n) is 5.79. The fourth-order valence-electron chi connectivity index (χ4n) is 2.62. The van der Waals surface area contributed by atoms with Crippen LogP contribution in [0.15, 0.2) is 78.9 Å². The van der Waals surface area contributed by atoms with Gasteiger partial charge in [-0.15, -0.1) is 0 Å². The zero-order valence-electron chi connectivity index (χ0n) is 14.1. The summed E-state index contributed by atoms with van der Waals surface area (Å²) in [5.74, 6) is -0.313. The molecule has 3 aromatic carbocycles. The van der Waals surface area contributed by atoms with E-state index in [9.17, 15) is 13.2 Å². The molecule has 0 heterocycles. The van der Waals surface area contributed by atoms with E-state index in [0.29, 0.717) is 16.9 Å². The molecule has 0 unspecified atom stereocenters. The molecule has 0 aliphatic rings. The number of para-hydroxylation sites is 2. The quantitative estimate of drug-likeness (QED) is 0.717. The highest BCUT2D eigenvalue weighted by Crippen LogP contribution is 2.26. The van der Waals surface area contributed by atoms with Crippen LogP contribution in [0, 0.1) is 0 Å². The van der Waals surface area contributed by atoms with Gasteiger partial charge in [-0.25, -0.2) is 8.42 Å². The van der Waals surface area contributed by atoms with Crippen molar-refractivity contribution in [1.29, 1.82) is 0 Å². The monoisotopic (exact) mass is 366 g/mol.